The molecule has 0 spiro atoms. The van der Waals surface area contributed by atoms with E-state index in [0.717, 1.165) is 11.1 Å². The van der Waals surface area contributed by atoms with Crippen LogP contribution in [0.5, 0.6) is 11.5 Å². The van der Waals surface area contributed by atoms with Crippen LogP contribution in [-0.4, -0.2) is 27.3 Å². The minimum atomic E-state index is -0.291. The lowest BCUT2D eigenvalue weighted by Gasteiger charge is -2.15. The highest BCUT2D eigenvalue weighted by atomic mass is 35.5. The predicted molar refractivity (Wildman–Crippen MR) is 99.6 cm³/mol. The summed E-state index contributed by atoms with van der Waals surface area (Å²) in [7, 11) is 1.55. The number of tetrazole rings is 1. The standard InChI is InChI=1S/C18H19ClFN5O2/c1-3-25-18(22-23-24-25)21-10-13-8-15(19)17(16(9-13)26-2)27-11-12-4-6-14(20)7-5-12/h4-9H,3,10-11H2,1-2H3,(H,21,22,24). The van der Waals surface area contributed by atoms with Gasteiger partial charge in [-0.1, -0.05) is 28.8 Å². The predicted octanol–water partition coefficient (Wildman–Crippen LogP) is 3.69. The van der Waals surface area contributed by atoms with Gasteiger partial charge >= 0.3 is 0 Å². The molecular formula is C18H19ClFN5O2. The number of nitrogens with one attached hydrogen (secondary N) is 1. The van der Waals surface area contributed by atoms with Gasteiger partial charge in [0.25, 0.3) is 0 Å². The van der Waals surface area contributed by atoms with Gasteiger partial charge < -0.3 is 14.8 Å². The Balaban J connectivity index is 1.71. The van der Waals surface area contributed by atoms with Crippen LogP contribution in [0.25, 0.3) is 0 Å². The summed E-state index contributed by atoms with van der Waals surface area (Å²) in [5.74, 6) is 1.23. The van der Waals surface area contributed by atoms with E-state index in [1.54, 1.807) is 30.0 Å². The Bertz CT molecular complexity index is 901. The van der Waals surface area contributed by atoms with E-state index in [9.17, 15) is 4.39 Å². The van der Waals surface area contributed by atoms with Crippen LogP contribution in [0.2, 0.25) is 5.02 Å². The van der Waals surface area contributed by atoms with E-state index in [1.807, 2.05) is 13.0 Å². The second-order valence-electron chi connectivity index (χ2n) is 5.70. The van der Waals surface area contributed by atoms with Gasteiger partial charge in [-0.25, -0.2) is 9.07 Å². The number of nitrogens with zero attached hydrogens (tertiary/aromatic N) is 4. The maximum atomic E-state index is 13.0. The van der Waals surface area contributed by atoms with Gasteiger partial charge in [-0.05, 0) is 52.7 Å². The Morgan fingerprint density at radius 2 is 1.96 bits per heavy atom. The molecule has 0 radical (unpaired) electrons. The van der Waals surface area contributed by atoms with Gasteiger partial charge in [-0.3, -0.25) is 0 Å². The lowest BCUT2D eigenvalue weighted by molar-refractivity contribution is 0.284. The molecule has 0 aliphatic rings. The van der Waals surface area contributed by atoms with Crippen molar-refractivity contribution in [2.75, 3.05) is 12.4 Å². The summed E-state index contributed by atoms with van der Waals surface area (Å²) in [5.41, 5.74) is 1.71. The number of methoxy groups -OCH3 is 1. The Morgan fingerprint density at radius 1 is 1.19 bits per heavy atom. The van der Waals surface area contributed by atoms with E-state index in [4.69, 9.17) is 21.1 Å². The van der Waals surface area contributed by atoms with E-state index in [2.05, 4.69) is 20.8 Å². The molecule has 142 valence electrons. The summed E-state index contributed by atoms with van der Waals surface area (Å²) in [5, 5.41) is 15.0. The summed E-state index contributed by atoms with van der Waals surface area (Å²) in [6.07, 6.45) is 0. The van der Waals surface area contributed by atoms with E-state index in [1.165, 1.54) is 12.1 Å². The van der Waals surface area contributed by atoms with Gasteiger partial charge in [0.1, 0.15) is 12.4 Å². The molecule has 9 heteroatoms. The maximum Gasteiger partial charge on any atom is 0.243 e. The molecule has 0 saturated carbocycles. The van der Waals surface area contributed by atoms with Crippen LogP contribution in [0.15, 0.2) is 36.4 Å². The third-order valence-corrected chi connectivity index (χ3v) is 4.15. The quantitative estimate of drug-likeness (QED) is 0.631. The van der Waals surface area contributed by atoms with Crippen molar-refractivity contribution >= 4 is 17.5 Å². The minimum Gasteiger partial charge on any atom is -0.493 e. The fraction of sp³-hybridized carbons (Fsp3) is 0.278. The molecule has 0 amide bonds. The van der Waals surface area contributed by atoms with Gasteiger partial charge in [-0.15, -0.1) is 0 Å². The molecule has 0 aliphatic heterocycles. The van der Waals surface area contributed by atoms with E-state index in [-0.39, 0.29) is 12.4 Å². The molecule has 0 unspecified atom stereocenters. The first-order valence-electron chi connectivity index (χ1n) is 8.34. The number of benzene rings is 2. The largest absolute Gasteiger partial charge is 0.493 e. The van der Waals surface area contributed by atoms with Gasteiger partial charge in [0, 0.05) is 13.1 Å². The topological polar surface area (TPSA) is 74.1 Å². The van der Waals surface area contributed by atoms with Crippen molar-refractivity contribution in [1.29, 1.82) is 0 Å². The first-order chi connectivity index (χ1) is 13.1. The van der Waals surface area contributed by atoms with Crippen LogP contribution in [0.3, 0.4) is 0 Å². The van der Waals surface area contributed by atoms with Crippen LogP contribution < -0.4 is 14.8 Å². The van der Waals surface area contributed by atoms with Crippen molar-refractivity contribution in [2.24, 2.45) is 0 Å². The van der Waals surface area contributed by atoms with Crippen molar-refractivity contribution in [3.8, 4) is 11.5 Å². The number of aromatic nitrogens is 4. The fourth-order valence-corrected chi connectivity index (χ4v) is 2.76. The molecule has 1 heterocycles. The Kier molecular flexibility index (Phi) is 6.08. The number of ether oxygens (including phenoxy) is 2. The number of hydrogen-bond acceptors (Lipinski definition) is 6. The highest BCUT2D eigenvalue weighted by molar-refractivity contribution is 6.32. The zero-order valence-electron chi connectivity index (χ0n) is 14.9. The SMILES string of the molecule is CCn1nnnc1NCc1cc(Cl)c(OCc2ccc(F)cc2)c(OC)c1. The Labute approximate surface area is 161 Å². The zero-order valence-corrected chi connectivity index (χ0v) is 15.7. The third-order valence-electron chi connectivity index (χ3n) is 3.87. The summed E-state index contributed by atoms with van der Waals surface area (Å²) in [6, 6.07) is 9.71. The molecule has 1 aromatic heterocycles. The Morgan fingerprint density at radius 3 is 2.67 bits per heavy atom. The zero-order chi connectivity index (χ0) is 19.2. The number of aryl methyl sites for hydroxylation is 1. The van der Waals surface area contributed by atoms with Gasteiger partial charge in [0.05, 0.1) is 12.1 Å². The summed E-state index contributed by atoms with van der Waals surface area (Å²) in [4.78, 5) is 0. The smallest absolute Gasteiger partial charge is 0.243 e. The molecule has 3 rings (SSSR count). The van der Waals surface area contributed by atoms with Crippen molar-refractivity contribution < 1.29 is 13.9 Å². The van der Waals surface area contributed by atoms with Crippen molar-refractivity contribution in [1.82, 2.24) is 20.2 Å². The van der Waals surface area contributed by atoms with E-state index < -0.39 is 0 Å². The third kappa shape index (κ3) is 4.65. The second-order valence-corrected chi connectivity index (χ2v) is 6.10. The van der Waals surface area contributed by atoms with Crippen LogP contribution in [0.4, 0.5) is 10.3 Å². The molecule has 0 atom stereocenters. The van der Waals surface area contributed by atoms with E-state index in [0.29, 0.717) is 35.6 Å². The molecule has 0 saturated heterocycles. The lowest BCUT2D eigenvalue weighted by atomic mass is 10.2. The van der Waals surface area contributed by atoms with Crippen molar-refractivity contribution in [2.45, 2.75) is 26.6 Å². The van der Waals surface area contributed by atoms with Gasteiger partial charge in [0.2, 0.25) is 5.95 Å². The molecule has 2 aromatic carbocycles. The highest BCUT2D eigenvalue weighted by Gasteiger charge is 2.13. The second kappa shape index (κ2) is 8.68. The Hall–Kier alpha value is -2.87. The number of halogens is 2. The lowest BCUT2D eigenvalue weighted by Crippen LogP contribution is -2.08. The molecule has 1 N–H and O–H groups in total. The van der Waals surface area contributed by atoms with E-state index >= 15 is 0 Å². The molecule has 0 aliphatic carbocycles. The van der Waals surface area contributed by atoms with Crippen LogP contribution in [0.1, 0.15) is 18.1 Å². The molecule has 0 bridgehead atoms. The number of hydrogen-bond donors (Lipinski definition) is 1. The molecule has 7 nitrogen and oxygen atoms in total. The number of anilines is 1. The normalized spacial score (nSPS) is 10.7. The molecule has 0 fully saturated rings. The fourth-order valence-electron chi connectivity index (χ4n) is 2.48. The molecular weight excluding hydrogens is 373 g/mol. The summed E-state index contributed by atoms with van der Waals surface area (Å²) < 4.78 is 25.9. The maximum absolute atomic E-state index is 13.0. The molecule has 27 heavy (non-hydrogen) atoms. The van der Waals surface area contributed by atoms with Gasteiger partial charge in [-0.2, -0.15) is 0 Å². The van der Waals surface area contributed by atoms with Crippen LogP contribution >= 0.6 is 11.6 Å². The van der Waals surface area contributed by atoms with Crippen LogP contribution in [-0.2, 0) is 19.7 Å². The molecule has 3 aromatic rings. The first-order valence-corrected chi connectivity index (χ1v) is 8.72. The number of rotatable bonds is 8. The average Bonchev–Trinajstić information content (AvgIpc) is 3.14. The average molecular weight is 392 g/mol. The minimum absolute atomic E-state index is 0.249. The summed E-state index contributed by atoms with van der Waals surface area (Å²) >= 11 is 6.39. The van der Waals surface area contributed by atoms with Crippen molar-refractivity contribution in [3.05, 3.63) is 58.4 Å². The van der Waals surface area contributed by atoms with Gasteiger partial charge in [0.15, 0.2) is 11.5 Å². The summed E-state index contributed by atoms with van der Waals surface area (Å²) in [6.45, 7) is 3.33. The van der Waals surface area contributed by atoms with Crippen molar-refractivity contribution in [3.63, 3.8) is 0 Å². The monoisotopic (exact) mass is 391 g/mol. The highest BCUT2D eigenvalue weighted by Crippen LogP contribution is 2.37. The first kappa shape index (κ1) is 18.9. The van der Waals surface area contributed by atoms with Crippen LogP contribution in [0, 0.1) is 5.82 Å².